The van der Waals surface area contributed by atoms with Gasteiger partial charge in [-0.25, -0.2) is 0 Å². The Bertz CT molecular complexity index is 217. The van der Waals surface area contributed by atoms with Crippen LogP contribution in [0.1, 0.15) is 52.9 Å². The Morgan fingerprint density at radius 1 is 1.44 bits per heavy atom. The van der Waals surface area contributed by atoms with Crippen LogP contribution in [-0.4, -0.2) is 30.8 Å². The number of likely N-dealkylation sites (tertiary alicyclic amines) is 1. The second-order valence-corrected chi connectivity index (χ2v) is 5.67. The Labute approximate surface area is 100 Å². The lowest BCUT2D eigenvalue weighted by molar-refractivity contribution is -0.117. The van der Waals surface area contributed by atoms with Crippen molar-refractivity contribution in [3.05, 3.63) is 0 Å². The minimum atomic E-state index is -0.121. The first-order valence-corrected chi connectivity index (χ1v) is 6.82. The van der Waals surface area contributed by atoms with E-state index in [9.17, 15) is 4.79 Å². The molecule has 0 amide bonds. The average Bonchev–Trinajstić information content (AvgIpc) is 2.29. The zero-order valence-electron chi connectivity index (χ0n) is 11.2. The van der Waals surface area contributed by atoms with Crippen LogP contribution < -0.4 is 0 Å². The molecule has 2 heteroatoms. The molecule has 1 aliphatic rings. The van der Waals surface area contributed by atoms with Crippen molar-refractivity contribution in [1.82, 2.24) is 4.90 Å². The molecule has 1 aliphatic heterocycles. The van der Waals surface area contributed by atoms with E-state index in [2.05, 4.69) is 25.7 Å². The molecular formula is C14H27NO. The number of carbonyl (C=O) groups excluding carboxylic acids is 1. The highest BCUT2D eigenvalue weighted by Crippen LogP contribution is 2.26. The molecule has 2 unspecified atom stereocenters. The van der Waals surface area contributed by atoms with Gasteiger partial charge in [0, 0.05) is 18.5 Å². The van der Waals surface area contributed by atoms with Crippen molar-refractivity contribution < 1.29 is 4.79 Å². The molecule has 2 atom stereocenters. The molecule has 0 saturated carbocycles. The van der Waals surface area contributed by atoms with Gasteiger partial charge in [0.25, 0.3) is 0 Å². The van der Waals surface area contributed by atoms with Gasteiger partial charge >= 0.3 is 0 Å². The van der Waals surface area contributed by atoms with E-state index in [1.54, 1.807) is 0 Å². The summed E-state index contributed by atoms with van der Waals surface area (Å²) in [5.74, 6) is 0.853. The van der Waals surface area contributed by atoms with Crippen molar-refractivity contribution in [2.24, 2.45) is 11.3 Å². The van der Waals surface area contributed by atoms with Crippen LogP contribution in [0.25, 0.3) is 0 Å². The van der Waals surface area contributed by atoms with E-state index in [4.69, 9.17) is 0 Å². The molecule has 0 N–H and O–H groups in total. The second kappa shape index (κ2) is 6.39. The van der Waals surface area contributed by atoms with Gasteiger partial charge in [-0.2, -0.15) is 0 Å². The molecule has 0 bridgehead atoms. The molecule has 0 aromatic carbocycles. The van der Waals surface area contributed by atoms with Crippen LogP contribution in [0.3, 0.4) is 0 Å². The SMILES string of the molecule is CCCC(C)(C=O)CN1CCCC(CC)C1. The Morgan fingerprint density at radius 3 is 2.75 bits per heavy atom. The quantitative estimate of drug-likeness (QED) is 0.647. The Kier molecular flexibility index (Phi) is 5.47. The summed E-state index contributed by atoms with van der Waals surface area (Å²) in [7, 11) is 0. The molecule has 1 heterocycles. The molecule has 1 fully saturated rings. The monoisotopic (exact) mass is 225 g/mol. The fraction of sp³-hybridized carbons (Fsp3) is 0.929. The summed E-state index contributed by atoms with van der Waals surface area (Å²) in [6, 6.07) is 0. The lowest BCUT2D eigenvalue weighted by Gasteiger charge is -2.37. The normalized spacial score (nSPS) is 26.3. The van der Waals surface area contributed by atoms with Crippen LogP contribution in [0.4, 0.5) is 0 Å². The number of carbonyl (C=O) groups is 1. The second-order valence-electron chi connectivity index (χ2n) is 5.67. The van der Waals surface area contributed by atoms with Gasteiger partial charge in [0.1, 0.15) is 6.29 Å². The molecule has 1 rings (SSSR count). The summed E-state index contributed by atoms with van der Waals surface area (Å²) in [5.41, 5.74) is -0.121. The molecule has 0 aromatic heterocycles. The molecule has 1 saturated heterocycles. The first-order valence-electron chi connectivity index (χ1n) is 6.82. The number of rotatable bonds is 6. The van der Waals surface area contributed by atoms with Crippen molar-refractivity contribution in [2.75, 3.05) is 19.6 Å². The fourth-order valence-corrected chi connectivity index (χ4v) is 2.89. The maximum atomic E-state index is 11.2. The maximum absolute atomic E-state index is 11.2. The van der Waals surface area contributed by atoms with Crippen LogP contribution in [0.2, 0.25) is 0 Å². The summed E-state index contributed by atoms with van der Waals surface area (Å²) in [5, 5.41) is 0. The minimum absolute atomic E-state index is 0.121. The molecule has 94 valence electrons. The number of hydrogen-bond donors (Lipinski definition) is 0. The lowest BCUT2D eigenvalue weighted by Crippen LogP contribution is -2.42. The third kappa shape index (κ3) is 3.89. The van der Waals surface area contributed by atoms with Crippen molar-refractivity contribution >= 4 is 6.29 Å². The van der Waals surface area contributed by atoms with E-state index >= 15 is 0 Å². The standard InChI is InChI=1S/C14H27NO/c1-4-8-14(3,12-16)11-15-9-6-7-13(5-2)10-15/h12-13H,4-11H2,1-3H3. The van der Waals surface area contributed by atoms with E-state index in [0.29, 0.717) is 0 Å². The summed E-state index contributed by atoms with van der Waals surface area (Å²) in [6.45, 7) is 9.89. The molecule has 0 aliphatic carbocycles. The number of hydrogen-bond acceptors (Lipinski definition) is 2. The summed E-state index contributed by atoms with van der Waals surface area (Å²) in [6.07, 6.45) is 7.25. The van der Waals surface area contributed by atoms with E-state index in [-0.39, 0.29) is 5.41 Å². The lowest BCUT2D eigenvalue weighted by atomic mass is 9.85. The third-order valence-electron chi connectivity index (χ3n) is 3.87. The minimum Gasteiger partial charge on any atom is -0.303 e. The summed E-state index contributed by atoms with van der Waals surface area (Å²) >= 11 is 0. The van der Waals surface area contributed by atoms with Crippen LogP contribution in [-0.2, 0) is 4.79 Å². The highest BCUT2D eigenvalue weighted by atomic mass is 16.1. The predicted octanol–water partition coefficient (Wildman–Crippen LogP) is 3.11. The highest BCUT2D eigenvalue weighted by Gasteiger charge is 2.28. The largest absolute Gasteiger partial charge is 0.303 e. The summed E-state index contributed by atoms with van der Waals surface area (Å²) < 4.78 is 0. The number of piperidine rings is 1. The predicted molar refractivity (Wildman–Crippen MR) is 68.5 cm³/mol. The van der Waals surface area contributed by atoms with Gasteiger partial charge in [-0.3, -0.25) is 0 Å². The molecule has 0 aromatic rings. The van der Waals surface area contributed by atoms with Crippen LogP contribution in [0.5, 0.6) is 0 Å². The molecular weight excluding hydrogens is 198 g/mol. The van der Waals surface area contributed by atoms with Crippen LogP contribution in [0, 0.1) is 11.3 Å². The van der Waals surface area contributed by atoms with Crippen molar-refractivity contribution in [1.29, 1.82) is 0 Å². The highest BCUT2D eigenvalue weighted by molar-refractivity contribution is 5.59. The Hall–Kier alpha value is -0.370. The van der Waals surface area contributed by atoms with Gasteiger partial charge in [0.2, 0.25) is 0 Å². The van der Waals surface area contributed by atoms with Gasteiger partial charge < -0.3 is 9.69 Å². The topological polar surface area (TPSA) is 20.3 Å². The molecule has 2 nitrogen and oxygen atoms in total. The van der Waals surface area contributed by atoms with Gasteiger partial charge in [-0.15, -0.1) is 0 Å². The molecule has 16 heavy (non-hydrogen) atoms. The smallest absolute Gasteiger partial charge is 0.127 e. The van der Waals surface area contributed by atoms with Crippen molar-refractivity contribution in [2.45, 2.75) is 52.9 Å². The first kappa shape index (κ1) is 13.7. The van der Waals surface area contributed by atoms with Crippen molar-refractivity contribution in [3.63, 3.8) is 0 Å². The number of nitrogens with zero attached hydrogens (tertiary/aromatic N) is 1. The van der Waals surface area contributed by atoms with Crippen LogP contribution >= 0.6 is 0 Å². The first-order chi connectivity index (χ1) is 7.63. The number of aldehydes is 1. The zero-order valence-corrected chi connectivity index (χ0v) is 11.2. The van der Waals surface area contributed by atoms with E-state index in [0.717, 1.165) is 25.3 Å². The Morgan fingerprint density at radius 2 is 2.19 bits per heavy atom. The third-order valence-corrected chi connectivity index (χ3v) is 3.87. The van der Waals surface area contributed by atoms with Crippen LogP contribution in [0.15, 0.2) is 0 Å². The van der Waals surface area contributed by atoms with E-state index in [1.807, 2.05) is 0 Å². The fourth-order valence-electron chi connectivity index (χ4n) is 2.89. The molecule has 0 spiro atoms. The van der Waals surface area contributed by atoms with Gasteiger partial charge in [0.05, 0.1) is 0 Å². The maximum Gasteiger partial charge on any atom is 0.127 e. The van der Waals surface area contributed by atoms with Gasteiger partial charge in [0.15, 0.2) is 0 Å². The average molecular weight is 225 g/mol. The Balaban J connectivity index is 2.47. The van der Waals surface area contributed by atoms with E-state index in [1.165, 1.54) is 38.6 Å². The molecule has 0 radical (unpaired) electrons. The van der Waals surface area contributed by atoms with Crippen molar-refractivity contribution in [3.8, 4) is 0 Å². The van der Waals surface area contributed by atoms with Gasteiger partial charge in [-0.1, -0.05) is 33.6 Å². The van der Waals surface area contributed by atoms with E-state index < -0.39 is 0 Å². The van der Waals surface area contributed by atoms with Gasteiger partial charge in [-0.05, 0) is 31.7 Å². The zero-order chi connectivity index (χ0) is 12.0. The summed E-state index contributed by atoms with van der Waals surface area (Å²) in [4.78, 5) is 13.7.